The fourth-order valence-corrected chi connectivity index (χ4v) is 1.54. The van der Waals surface area contributed by atoms with Crippen LogP contribution < -0.4 is 10.5 Å². The van der Waals surface area contributed by atoms with E-state index in [2.05, 4.69) is 0 Å². The Morgan fingerprint density at radius 1 is 1.20 bits per heavy atom. The minimum absolute atomic E-state index is 0.422. The topological polar surface area (TPSA) is 52.3 Å². The van der Waals surface area contributed by atoms with Gasteiger partial charge in [-0.2, -0.15) is 0 Å². The normalized spacial score (nSPS) is 10.2. The van der Waals surface area contributed by atoms with Gasteiger partial charge in [-0.1, -0.05) is 6.07 Å². The Labute approximate surface area is 87.5 Å². The first kappa shape index (κ1) is 9.52. The molecule has 2 N–H and O–H groups in total. The van der Waals surface area contributed by atoms with Crippen molar-refractivity contribution in [1.82, 2.24) is 0 Å². The van der Waals surface area contributed by atoms with E-state index < -0.39 is 0 Å². The fourth-order valence-electron chi connectivity index (χ4n) is 1.54. The van der Waals surface area contributed by atoms with Gasteiger partial charge in [0.1, 0.15) is 5.75 Å². The molecule has 0 unspecified atom stereocenters. The summed E-state index contributed by atoms with van der Waals surface area (Å²) in [6.07, 6.45) is 0. The van der Waals surface area contributed by atoms with E-state index in [-0.39, 0.29) is 0 Å². The number of benzene rings is 2. The second-order valence-corrected chi connectivity index (χ2v) is 3.43. The molecule has 0 aromatic heterocycles. The van der Waals surface area contributed by atoms with Gasteiger partial charge in [0, 0.05) is 5.69 Å². The quantitative estimate of drug-likeness (QED) is 0.599. The van der Waals surface area contributed by atoms with E-state index in [4.69, 9.17) is 10.5 Å². The summed E-state index contributed by atoms with van der Waals surface area (Å²) in [4.78, 5) is 10.2. The van der Waals surface area contributed by atoms with Crippen molar-refractivity contribution in [3.63, 3.8) is 0 Å². The molecule has 0 fully saturated rings. The number of hydrogen-bond donors (Lipinski definition) is 1. The third-order valence-corrected chi connectivity index (χ3v) is 2.38. The smallest absolute Gasteiger partial charge is 0.298 e. The highest BCUT2D eigenvalue weighted by atomic mass is 16.5. The van der Waals surface area contributed by atoms with Crippen molar-refractivity contribution in [1.29, 1.82) is 0 Å². The molecule has 0 aliphatic rings. The van der Waals surface area contributed by atoms with E-state index in [1.165, 1.54) is 0 Å². The molecule has 2 aromatic rings. The largest absolute Gasteiger partial charge is 0.429 e. The summed E-state index contributed by atoms with van der Waals surface area (Å²) in [6, 6.07) is 9.32. The van der Waals surface area contributed by atoms with E-state index in [0.29, 0.717) is 12.2 Å². The van der Waals surface area contributed by atoms with E-state index >= 15 is 0 Å². The molecule has 0 bridgehead atoms. The van der Waals surface area contributed by atoms with Crippen LogP contribution in [0.5, 0.6) is 5.75 Å². The molecule has 3 nitrogen and oxygen atoms in total. The van der Waals surface area contributed by atoms with Gasteiger partial charge < -0.3 is 10.5 Å². The lowest BCUT2D eigenvalue weighted by molar-refractivity contribution is -0.120. The van der Waals surface area contributed by atoms with Crippen LogP contribution >= 0.6 is 0 Å². The van der Waals surface area contributed by atoms with Crippen molar-refractivity contribution in [2.45, 2.75) is 6.92 Å². The van der Waals surface area contributed by atoms with Gasteiger partial charge in [0.15, 0.2) is 0 Å². The molecule has 0 saturated carbocycles. The Kier molecular flexibility index (Phi) is 2.29. The summed E-state index contributed by atoms with van der Waals surface area (Å²) in [5.74, 6) is 0.543. The van der Waals surface area contributed by atoms with Gasteiger partial charge in [0.2, 0.25) is 0 Å². The monoisotopic (exact) mass is 201 g/mol. The lowest BCUT2D eigenvalue weighted by Gasteiger charge is -2.05. The Morgan fingerprint density at radius 2 is 2.00 bits per heavy atom. The zero-order valence-electron chi connectivity index (χ0n) is 8.36. The number of rotatable bonds is 2. The molecule has 0 aliphatic carbocycles. The molecule has 2 rings (SSSR count). The highest BCUT2D eigenvalue weighted by Gasteiger charge is 2.00. The maximum atomic E-state index is 10.2. The maximum absolute atomic E-state index is 10.2. The van der Waals surface area contributed by atoms with Crippen LogP contribution in [0.25, 0.3) is 10.8 Å². The van der Waals surface area contributed by atoms with Gasteiger partial charge in [0.25, 0.3) is 6.47 Å². The van der Waals surface area contributed by atoms with Gasteiger partial charge in [-0.05, 0) is 47.5 Å². The number of nitrogen functional groups attached to an aromatic ring is 1. The molecule has 2 aromatic carbocycles. The molecule has 15 heavy (non-hydrogen) atoms. The predicted octanol–water partition coefficient (Wildman–Crippen LogP) is 2.27. The highest BCUT2D eigenvalue weighted by molar-refractivity contribution is 5.88. The third kappa shape index (κ3) is 1.76. The highest BCUT2D eigenvalue weighted by Crippen LogP contribution is 2.25. The molecule has 0 amide bonds. The summed E-state index contributed by atoms with van der Waals surface area (Å²) in [7, 11) is 0. The van der Waals surface area contributed by atoms with E-state index in [0.717, 1.165) is 22.0 Å². The lowest BCUT2D eigenvalue weighted by atomic mass is 10.1. The van der Waals surface area contributed by atoms with Crippen LogP contribution in [0.1, 0.15) is 5.56 Å². The molecule has 0 radical (unpaired) electrons. The molecule has 0 aliphatic heterocycles. The zero-order chi connectivity index (χ0) is 10.8. The van der Waals surface area contributed by atoms with Gasteiger partial charge in [0.05, 0.1) is 0 Å². The molecule has 76 valence electrons. The van der Waals surface area contributed by atoms with Gasteiger partial charge >= 0.3 is 0 Å². The minimum Gasteiger partial charge on any atom is -0.429 e. The SMILES string of the molecule is Cc1cc2cc(OC=O)ccc2cc1N. The van der Waals surface area contributed by atoms with E-state index in [1.807, 2.05) is 31.2 Å². The second kappa shape index (κ2) is 3.61. The number of hydrogen-bond acceptors (Lipinski definition) is 3. The van der Waals surface area contributed by atoms with Gasteiger partial charge in [-0.15, -0.1) is 0 Å². The first-order chi connectivity index (χ1) is 7.20. The van der Waals surface area contributed by atoms with Crippen molar-refractivity contribution in [3.8, 4) is 5.75 Å². The standard InChI is InChI=1S/C12H11NO2/c1-8-4-10-5-11(15-7-14)3-2-9(10)6-12(8)13/h2-7H,13H2,1H3. The molecule has 0 spiro atoms. The number of ether oxygens (including phenoxy) is 1. The molecule has 0 heterocycles. The number of carbonyl (C=O) groups is 1. The Bertz CT molecular complexity index is 520. The summed E-state index contributed by atoms with van der Waals surface area (Å²) in [6.45, 7) is 2.37. The zero-order valence-corrected chi connectivity index (χ0v) is 8.36. The Hall–Kier alpha value is -2.03. The van der Waals surface area contributed by atoms with Crippen LogP contribution in [0.15, 0.2) is 30.3 Å². The van der Waals surface area contributed by atoms with Gasteiger partial charge in [-0.3, -0.25) is 4.79 Å². The molecule has 0 saturated heterocycles. The predicted molar refractivity (Wildman–Crippen MR) is 59.8 cm³/mol. The summed E-state index contributed by atoms with van der Waals surface area (Å²) in [5, 5.41) is 2.05. The molecule has 0 atom stereocenters. The van der Waals surface area contributed by atoms with Crippen molar-refractivity contribution >= 4 is 22.9 Å². The summed E-state index contributed by atoms with van der Waals surface area (Å²) in [5.41, 5.74) is 7.58. The Morgan fingerprint density at radius 3 is 2.73 bits per heavy atom. The molecule has 3 heteroatoms. The van der Waals surface area contributed by atoms with Crippen LogP contribution in [0.3, 0.4) is 0 Å². The lowest BCUT2D eigenvalue weighted by Crippen LogP contribution is -1.91. The van der Waals surface area contributed by atoms with Crippen molar-refractivity contribution in [2.75, 3.05) is 5.73 Å². The molecular weight excluding hydrogens is 190 g/mol. The van der Waals surface area contributed by atoms with Crippen molar-refractivity contribution in [3.05, 3.63) is 35.9 Å². The number of carbonyl (C=O) groups excluding carboxylic acids is 1. The maximum Gasteiger partial charge on any atom is 0.298 e. The van der Waals surface area contributed by atoms with Crippen molar-refractivity contribution in [2.24, 2.45) is 0 Å². The van der Waals surface area contributed by atoms with Crippen molar-refractivity contribution < 1.29 is 9.53 Å². The third-order valence-electron chi connectivity index (χ3n) is 2.38. The average molecular weight is 201 g/mol. The fraction of sp³-hybridized carbons (Fsp3) is 0.0833. The Balaban J connectivity index is 2.61. The summed E-state index contributed by atoms with van der Waals surface area (Å²) < 4.78 is 4.77. The first-order valence-electron chi connectivity index (χ1n) is 4.61. The summed E-state index contributed by atoms with van der Waals surface area (Å²) >= 11 is 0. The average Bonchev–Trinajstić information content (AvgIpc) is 2.21. The van der Waals surface area contributed by atoms with Crippen LogP contribution in [0.4, 0.5) is 5.69 Å². The second-order valence-electron chi connectivity index (χ2n) is 3.43. The van der Waals surface area contributed by atoms with Gasteiger partial charge in [-0.25, -0.2) is 0 Å². The van der Waals surface area contributed by atoms with Crippen LogP contribution in [0.2, 0.25) is 0 Å². The first-order valence-corrected chi connectivity index (χ1v) is 4.61. The minimum atomic E-state index is 0.422. The van der Waals surface area contributed by atoms with E-state index in [1.54, 1.807) is 6.07 Å². The number of anilines is 1. The molecular formula is C12H11NO2. The van der Waals surface area contributed by atoms with Crippen LogP contribution in [-0.2, 0) is 4.79 Å². The van der Waals surface area contributed by atoms with Crippen LogP contribution in [-0.4, -0.2) is 6.47 Å². The van der Waals surface area contributed by atoms with Crippen LogP contribution in [0, 0.1) is 6.92 Å². The number of fused-ring (bicyclic) bond motifs is 1. The van der Waals surface area contributed by atoms with E-state index in [9.17, 15) is 4.79 Å². The number of nitrogens with two attached hydrogens (primary N) is 1. The number of aryl methyl sites for hydroxylation is 1.